The summed E-state index contributed by atoms with van der Waals surface area (Å²) in [6.07, 6.45) is 8.54. The summed E-state index contributed by atoms with van der Waals surface area (Å²) in [5, 5.41) is 10.6. The van der Waals surface area contributed by atoms with Gasteiger partial charge in [0.2, 0.25) is 0 Å². The summed E-state index contributed by atoms with van der Waals surface area (Å²) in [6.45, 7) is 2.68. The van der Waals surface area contributed by atoms with Crippen LogP contribution in [-0.2, 0) is 12.8 Å². The van der Waals surface area contributed by atoms with Crippen molar-refractivity contribution in [2.24, 2.45) is 0 Å². The van der Waals surface area contributed by atoms with E-state index in [0.29, 0.717) is 35.9 Å². The van der Waals surface area contributed by atoms with Crippen LogP contribution in [0.3, 0.4) is 0 Å². The number of hydrogen-bond acceptors (Lipinski definition) is 5. The normalized spacial score (nSPS) is 13.0. The smallest absolute Gasteiger partial charge is 0.272 e. The van der Waals surface area contributed by atoms with Gasteiger partial charge >= 0.3 is 0 Å². The summed E-state index contributed by atoms with van der Waals surface area (Å²) >= 11 is 0. The largest absolute Gasteiger partial charge is 0.367 e. The van der Waals surface area contributed by atoms with Crippen LogP contribution in [0.5, 0.6) is 0 Å². The number of carbonyl (C=O) groups is 1. The molecule has 0 unspecified atom stereocenters. The van der Waals surface area contributed by atoms with Crippen LogP contribution >= 0.6 is 0 Å². The molecule has 2 N–H and O–H groups in total. The van der Waals surface area contributed by atoms with Crippen molar-refractivity contribution >= 4 is 11.7 Å². The van der Waals surface area contributed by atoms with E-state index in [1.54, 1.807) is 36.3 Å². The molecule has 1 amide bonds. The maximum Gasteiger partial charge on any atom is 0.272 e. The summed E-state index contributed by atoms with van der Waals surface area (Å²) in [6, 6.07) is 5.05. The lowest BCUT2D eigenvalue weighted by molar-refractivity contribution is 0.0948. The third-order valence-electron chi connectivity index (χ3n) is 5.08. The van der Waals surface area contributed by atoms with E-state index in [1.807, 2.05) is 6.07 Å². The maximum atomic E-state index is 14.1. The number of aryl methyl sites for hydroxylation is 1. The lowest BCUT2D eigenvalue weighted by atomic mass is 9.95. The van der Waals surface area contributed by atoms with Crippen LogP contribution in [0.15, 0.2) is 36.8 Å². The van der Waals surface area contributed by atoms with Gasteiger partial charge in [-0.3, -0.25) is 9.78 Å². The minimum Gasteiger partial charge on any atom is -0.367 e. The molecule has 8 heteroatoms. The molecule has 2 aromatic heterocycles. The molecule has 1 aromatic carbocycles. The van der Waals surface area contributed by atoms with Gasteiger partial charge in [0.1, 0.15) is 11.6 Å². The maximum absolute atomic E-state index is 14.1. The number of hydrogen-bond donors (Lipinski definition) is 2. The fourth-order valence-corrected chi connectivity index (χ4v) is 3.55. The number of fused-ring (bicyclic) bond motifs is 1. The lowest BCUT2D eigenvalue weighted by Crippen LogP contribution is -2.30. The van der Waals surface area contributed by atoms with Crippen LogP contribution < -0.4 is 10.6 Å². The van der Waals surface area contributed by atoms with Gasteiger partial charge in [-0.1, -0.05) is 6.07 Å². The highest BCUT2D eigenvalue weighted by Gasteiger charge is 2.25. The molecule has 1 aliphatic carbocycles. The molecule has 3 aromatic rings. The first-order chi connectivity index (χ1) is 14.1. The molecule has 150 valence electrons. The van der Waals surface area contributed by atoms with Crippen LogP contribution in [0.2, 0.25) is 0 Å². The van der Waals surface area contributed by atoms with Crippen LogP contribution in [0.4, 0.5) is 10.2 Å². The molecular formula is C21H23FN6O. The average Bonchev–Trinajstić information content (AvgIpc) is 3.14. The number of anilines is 1. The van der Waals surface area contributed by atoms with E-state index < -0.39 is 0 Å². The van der Waals surface area contributed by atoms with Gasteiger partial charge in [-0.05, 0) is 50.3 Å². The minimum atomic E-state index is -0.274. The fourth-order valence-electron chi connectivity index (χ4n) is 3.55. The van der Waals surface area contributed by atoms with Crippen molar-refractivity contribution in [3.05, 3.63) is 65.1 Å². The summed E-state index contributed by atoms with van der Waals surface area (Å²) in [7, 11) is 0. The lowest BCUT2D eigenvalue weighted by Gasteiger charge is -2.14. The molecule has 7 nitrogen and oxygen atoms in total. The topological polar surface area (TPSA) is 84.7 Å². The SMILES string of the molecule is Cc1ccc(-n2nc(C(=O)NCCNc3cnccn3)c3c2CCCC3)cc1F. The van der Waals surface area contributed by atoms with Crippen molar-refractivity contribution in [2.45, 2.75) is 32.6 Å². The number of rotatable bonds is 6. The van der Waals surface area contributed by atoms with E-state index in [0.717, 1.165) is 36.9 Å². The molecule has 0 bridgehead atoms. The van der Waals surface area contributed by atoms with Crippen molar-refractivity contribution < 1.29 is 9.18 Å². The molecule has 0 saturated heterocycles. The standard InChI is InChI=1S/C21H23FN6O/c1-14-6-7-15(12-17(14)22)28-18-5-3-2-4-16(18)20(27-28)21(29)26-11-10-25-19-13-23-8-9-24-19/h6-9,12-13H,2-5,10-11H2,1H3,(H,24,25)(H,26,29). The number of carbonyl (C=O) groups excluding carboxylic acids is 1. The van der Waals surface area contributed by atoms with Crippen molar-refractivity contribution in [3.63, 3.8) is 0 Å². The second kappa shape index (κ2) is 8.38. The molecule has 0 spiro atoms. The highest BCUT2D eigenvalue weighted by atomic mass is 19.1. The molecule has 4 rings (SSSR count). The Hall–Kier alpha value is -3.29. The third-order valence-corrected chi connectivity index (χ3v) is 5.08. The third kappa shape index (κ3) is 4.11. The first-order valence-electron chi connectivity index (χ1n) is 9.79. The zero-order chi connectivity index (χ0) is 20.2. The molecular weight excluding hydrogens is 371 g/mol. The summed E-state index contributed by atoms with van der Waals surface area (Å²) in [5.41, 5.74) is 3.64. The summed E-state index contributed by atoms with van der Waals surface area (Å²) < 4.78 is 15.8. The van der Waals surface area contributed by atoms with Gasteiger partial charge in [-0.2, -0.15) is 5.10 Å². The molecule has 29 heavy (non-hydrogen) atoms. The van der Waals surface area contributed by atoms with Gasteiger partial charge in [0, 0.05) is 36.7 Å². The molecule has 0 fully saturated rings. The van der Waals surface area contributed by atoms with Crippen molar-refractivity contribution in [1.29, 1.82) is 0 Å². The molecule has 0 atom stereocenters. The predicted molar refractivity (Wildman–Crippen MR) is 108 cm³/mol. The Morgan fingerprint density at radius 2 is 2.07 bits per heavy atom. The fraction of sp³-hybridized carbons (Fsp3) is 0.333. The molecule has 1 aliphatic rings. The number of nitrogens with zero attached hydrogens (tertiary/aromatic N) is 4. The highest BCUT2D eigenvalue weighted by molar-refractivity contribution is 5.94. The monoisotopic (exact) mass is 394 g/mol. The van der Waals surface area contributed by atoms with E-state index in [2.05, 4.69) is 25.7 Å². The molecule has 0 saturated carbocycles. The Bertz CT molecular complexity index is 1020. The first kappa shape index (κ1) is 19.0. The Morgan fingerprint density at radius 1 is 1.21 bits per heavy atom. The van der Waals surface area contributed by atoms with Crippen molar-refractivity contribution in [1.82, 2.24) is 25.1 Å². The zero-order valence-electron chi connectivity index (χ0n) is 16.3. The number of nitrogens with one attached hydrogen (secondary N) is 2. The number of aromatic nitrogens is 4. The first-order valence-corrected chi connectivity index (χ1v) is 9.79. The van der Waals surface area contributed by atoms with E-state index >= 15 is 0 Å². The van der Waals surface area contributed by atoms with E-state index in [-0.39, 0.29) is 11.7 Å². The number of amides is 1. The van der Waals surface area contributed by atoms with Crippen LogP contribution in [0, 0.1) is 12.7 Å². The second-order valence-corrected chi connectivity index (χ2v) is 7.10. The summed E-state index contributed by atoms with van der Waals surface area (Å²) in [4.78, 5) is 20.9. The summed E-state index contributed by atoms with van der Waals surface area (Å²) in [5.74, 6) is 0.170. The molecule has 0 radical (unpaired) electrons. The number of halogens is 1. The van der Waals surface area contributed by atoms with Gasteiger partial charge in [-0.25, -0.2) is 14.1 Å². The van der Waals surface area contributed by atoms with Gasteiger partial charge in [0.05, 0.1) is 11.9 Å². The van der Waals surface area contributed by atoms with Gasteiger partial charge in [-0.15, -0.1) is 0 Å². The Balaban J connectivity index is 1.50. The van der Waals surface area contributed by atoms with Gasteiger partial charge in [0.25, 0.3) is 5.91 Å². The van der Waals surface area contributed by atoms with Gasteiger partial charge in [0.15, 0.2) is 5.69 Å². The Labute approximate surface area is 168 Å². The predicted octanol–water partition coefficient (Wildman–Crippen LogP) is 2.83. The number of benzene rings is 1. The van der Waals surface area contributed by atoms with E-state index in [9.17, 15) is 9.18 Å². The zero-order valence-corrected chi connectivity index (χ0v) is 16.3. The minimum absolute atomic E-state index is 0.213. The van der Waals surface area contributed by atoms with Crippen LogP contribution in [-0.4, -0.2) is 38.7 Å². The quantitative estimate of drug-likeness (QED) is 0.628. The van der Waals surface area contributed by atoms with E-state index in [1.165, 1.54) is 6.07 Å². The average molecular weight is 394 g/mol. The second-order valence-electron chi connectivity index (χ2n) is 7.10. The van der Waals surface area contributed by atoms with E-state index in [4.69, 9.17) is 0 Å². The van der Waals surface area contributed by atoms with Crippen molar-refractivity contribution in [2.75, 3.05) is 18.4 Å². The highest BCUT2D eigenvalue weighted by Crippen LogP contribution is 2.27. The Kier molecular flexibility index (Phi) is 5.50. The van der Waals surface area contributed by atoms with Crippen LogP contribution in [0.25, 0.3) is 5.69 Å². The van der Waals surface area contributed by atoms with Crippen molar-refractivity contribution in [3.8, 4) is 5.69 Å². The molecule has 2 heterocycles. The molecule has 0 aliphatic heterocycles. The van der Waals surface area contributed by atoms with Crippen LogP contribution in [0.1, 0.15) is 40.2 Å². The van der Waals surface area contributed by atoms with Gasteiger partial charge < -0.3 is 10.6 Å². The Morgan fingerprint density at radius 3 is 2.86 bits per heavy atom.